The van der Waals surface area contributed by atoms with E-state index in [1.165, 1.54) is 56.9 Å². The van der Waals surface area contributed by atoms with Crippen molar-refractivity contribution in [2.75, 3.05) is 19.1 Å². The van der Waals surface area contributed by atoms with Crippen LogP contribution in [0.25, 0.3) is 5.76 Å². The molecule has 1 amide bonds. The first-order valence-corrected chi connectivity index (χ1v) is 9.75. The van der Waals surface area contributed by atoms with Crippen LogP contribution >= 0.6 is 0 Å². The van der Waals surface area contributed by atoms with Gasteiger partial charge in [0.15, 0.2) is 11.5 Å². The maximum absolute atomic E-state index is 14.7. The number of carbonyl (C=O) groups is 2. The summed E-state index contributed by atoms with van der Waals surface area (Å²) in [5.74, 6) is -3.67. The number of methoxy groups -OCH3 is 2. The summed E-state index contributed by atoms with van der Waals surface area (Å²) in [6, 6.07) is 8.85. The van der Waals surface area contributed by atoms with Gasteiger partial charge in [0.2, 0.25) is 0 Å². The highest BCUT2D eigenvalue weighted by Crippen LogP contribution is 2.43. The van der Waals surface area contributed by atoms with Crippen LogP contribution in [-0.4, -0.2) is 36.0 Å². The molecule has 1 N–H and O–H groups in total. The van der Waals surface area contributed by atoms with Crippen molar-refractivity contribution in [2.24, 2.45) is 0 Å². The molecule has 2 heterocycles. The van der Waals surface area contributed by atoms with Gasteiger partial charge >= 0.3 is 0 Å². The number of benzene rings is 2. The van der Waals surface area contributed by atoms with E-state index >= 15 is 0 Å². The molecule has 4 rings (SSSR count). The molecular formula is C24H18F2N2O5. The van der Waals surface area contributed by atoms with Crippen LogP contribution in [0.3, 0.4) is 0 Å². The van der Waals surface area contributed by atoms with Crippen molar-refractivity contribution < 1.29 is 33.0 Å². The Hall–Kier alpha value is -4.27. The van der Waals surface area contributed by atoms with Crippen LogP contribution in [0, 0.1) is 11.6 Å². The molecule has 33 heavy (non-hydrogen) atoms. The fourth-order valence-electron chi connectivity index (χ4n) is 3.75. The monoisotopic (exact) mass is 452 g/mol. The lowest BCUT2D eigenvalue weighted by molar-refractivity contribution is -0.132. The third-order valence-electron chi connectivity index (χ3n) is 5.29. The minimum absolute atomic E-state index is 0.171. The average molecular weight is 452 g/mol. The maximum Gasteiger partial charge on any atom is 0.300 e. The topological polar surface area (TPSA) is 89.0 Å². The summed E-state index contributed by atoms with van der Waals surface area (Å²) < 4.78 is 39.0. The van der Waals surface area contributed by atoms with Gasteiger partial charge in [-0.3, -0.25) is 19.5 Å². The number of aliphatic hydroxyl groups excluding tert-OH is 1. The Morgan fingerprint density at radius 1 is 0.970 bits per heavy atom. The van der Waals surface area contributed by atoms with Crippen LogP contribution < -0.4 is 14.4 Å². The van der Waals surface area contributed by atoms with Crippen LogP contribution in [0.4, 0.5) is 14.5 Å². The molecule has 0 saturated carbocycles. The van der Waals surface area contributed by atoms with Gasteiger partial charge in [0.1, 0.15) is 17.4 Å². The van der Waals surface area contributed by atoms with Crippen molar-refractivity contribution in [3.8, 4) is 11.5 Å². The number of anilines is 1. The number of aliphatic hydroxyl groups is 1. The zero-order chi connectivity index (χ0) is 23.7. The molecule has 1 aliphatic heterocycles. The molecule has 1 unspecified atom stereocenters. The molecule has 1 fully saturated rings. The number of hydrogen-bond donors (Lipinski definition) is 1. The van der Waals surface area contributed by atoms with Gasteiger partial charge in [-0.05, 0) is 48.0 Å². The van der Waals surface area contributed by atoms with Crippen molar-refractivity contribution in [3.63, 3.8) is 0 Å². The Kier molecular flexibility index (Phi) is 5.78. The van der Waals surface area contributed by atoms with E-state index in [1.54, 1.807) is 0 Å². The second-order valence-corrected chi connectivity index (χ2v) is 7.12. The van der Waals surface area contributed by atoms with E-state index < -0.39 is 40.8 Å². The van der Waals surface area contributed by atoms with Crippen molar-refractivity contribution in [1.29, 1.82) is 0 Å². The second kappa shape index (κ2) is 8.70. The van der Waals surface area contributed by atoms with Gasteiger partial charge in [0.05, 0.1) is 31.5 Å². The summed E-state index contributed by atoms with van der Waals surface area (Å²) in [7, 11) is 2.85. The summed E-state index contributed by atoms with van der Waals surface area (Å²) in [6.45, 7) is 0. The first-order valence-electron chi connectivity index (χ1n) is 9.75. The average Bonchev–Trinajstić information content (AvgIpc) is 3.10. The smallest absolute Gasteiger partial charge is 0.300 e. The van der Waals surface area contributed by atoms with Crippen LogP contribution in [-0.2, 0) is 9.59 Å². The van der Waals surface area contributed by atoms with Gasteiger partial charge in [-0.2, -0.15) is 0 Å². The SMILES string of the molecule is COc1ccc(/C(O)=C2\C(=O)C(=O)N(c3cc(F)ccc3F)C2c2ccncc2)cc1OC. The predicted molar refractivity (Wildman–Crippen MR) is 115 cm³/mol. The number of hydrogen-bond acceptors (Lipinski definition) is 6. The van der Waals surface area contributed by atoms with E-state index in [2.05, 4.69) is 4.98 Å². The van der Waals surface area contributed by atoms with Gasteiger partial charge in [0, 0.05) is 24.0 Å². The lowest BCUT2D eigenvalue weighted by Crippen LogP contribution is -2.30. The molecule has 1 aromatic heterocycles. The number of amides is 1. The number of ketones is 1. The Labute approximate surface area is 187 Å². The summed E-state index contributed by atoms with van der Waals surface area (Å²) in [5.41, 5.74) is -0.174. The van der Waals surface area contributed by atoms with E-state index in [4.69, 9.17) is 9.47 Å². The normalized spacial score (nSPS) is 17.3. The predicted octanol–water partition coefficient (Wildman–Crippen LogP) is 4.00. The van der Waals surface area contributed by atoms with E-state index in [0.717, 1.165) is 23.1 Å². The number of nitrogens with zero attached hydrogens (tertiary/aromatic N) is 2. The van der Waals surface area contributed by atoms with Crippen LogP contribution in [0.15, 0.2) is 66.5 Å². The highest BCUT2D eigenvalue weighted by atomic mass is 19.1. The van der Waals surface area contributed by atoms with Gasteiger partial charge in [-0.15, -0.1) is 0 Å². The van der Waals surface area contributed by atoms with Crippen LogP contribution in [0.1, 0.15) is 17.2 Å². The highest BCUT2D eigenvalue weighted by Gasteiger charge is 2.47. The highest BCUT2D eigenvalue weighted by molar-refractivity contribution is 6.51. The van der Waals surface area contributed by atoms with E-state index in [0.29, 0.717) is 11.3 Å². The van der Waals surface area contributed by atoms with Crippen LogP contribution in [0.2, 0.25) is 0 Å². The van der Waals surface area contributed by atoms with Crippen molar-refractivity contribution >= 4 is 23.1 Å². The van der Waals surface area contributed by atoms with Crippen molar-refractivity contribution in [1.82, 2.24) is 4.98 Å². The zero-order valence-electron chi connectivity index (χ0n) is 17.6. The summed E-state index contributed by atoms with van der Waals surface area (Å²) >= 11 is 0. The van der Waals surface area contributed by atoms with Crippen molar-refractivity contribution in [3.05, 3.63) is 89.3 Å². The van der Waals surface area contributed by atoms with Gasteiger partial charge in [-0.1, -0.05) is 0 Å². The van der Waals surface area contributed by atoms with Gasteiger partial charge in [-0.25, -0.2) is 8.78 Å². The van der Waals surface area contributed by atoms with Gasteiger partial charge in [0.25, 0.3) is 11.7 Å². The quantitative estimate of drug-likeness (QED) is 0.358. The molecule has 7 nitrogen and oxygen atoms in total. The number of ether oxygens (including phenoxy) is 2. The number of Topliss-reactive ketones (excluding diaryl/α,β-unsaturated/α-hetero) is 1. The van der Waals surface area contributed by atoms with E-state index in [-0.39, 0.29) is 16.9 Å². The largest absolute Gasteiger partial charge is 0.507 e. The third kappa shape index (κ3) is 3.78. The molecule has 3 aromatic rings. The molecular weight excluding hydrogens is 434 g/mol. The zero-order valence-corrected chi connectivity index (χ0v) is 17.6. The fraction of sp³-hybridized carbons (Fsp3) is 0.125. The van der Waals surface area contributed by atoms with Crippen LogP contribution in [0.5, 0.6) is 11.5 Å². The first kappa shape index (κ1) is 21.9. The molecule has 1 atom stereocenters. The minimum atomic E-state index is -1.22. The standard InChI is InChI=1S/C24H18F2N2O5/c1-32-18-6-3-14(11-19(18)33-2)22(29)20-21(13-7-9-27-10-8-13)28(24(31)23(20)30)17-12-15(25)4-5-16(17)26/h3-12,21,29H,1-2H3/b22-20+. The lowest BCUT2D eigenvalue weighted by atomic mass is 9.95. The lowest BCUT2D eigenvalue weighted by Gasteiger charge is -2.25. The molecule has 0 bridgehead atoms. The molecule has 168 valence electrons. The number of halogens is 2. The Balaban J connectivity index is 1.96. The molecule has 0 radical (unpaired) electrons. The summed E-state index contributed by atoms with van der Waals surface area (Å²) in [6.07, 6.45) is 2.85. The number of pyridine rings is 1. The van der Waals surface area contributed by atoms with E-state index in [9.17, 15) is 23.5 Å². The molecule has 0 aliphatic carbocycles. The van der Waals surface area contributed by atoms with E-state index in [1.807, 2.05) is 0 Å². The molecule has 1 aliphatic rings. The summed E-state index contributed by atoms with van der Waals surface area (Å²) in [4.78, 5) is 30.8. The Morgan fingerprint density at radius 3 is 2.33 bits per heavy atom. The number of carbonyl (C=O) groups excluding carboxylic acids is 2. The minimum Gasteiger partial charge on any atom is -0.507 e. The van der Waals surface area contributed by atoms with Crippen molar-refractivity contribution in [2.45, 2.75) is 6.04 Å². The Morgan fingerprint density at radius 2 is 1.67 bits per heavy atom. The van der Waals surface area contributed by atoms with Gasteiger partial charge < -0.3 is 14.6 Å². The first-order chi connectivity index (χ1) is 15.9. The molecule has 1 saturated heterocycles. The summed E-state index contributed by atoms with van der Waals surface area (Å²) in [5, 5.41) is 11.1. The second-order valence-electron chi connectivity index (χ2n) is 7.12. The third-order valence-corrected chi connectivity index (χ3v) is 5.29. The molecule has 9 heteroatoms. The molecule has 0 spiro atoms. The number of rotatable bonds is 5. The molecule has 2 aromatic carbocycles. The fourth-order valence-corrected chi connectivity index (χ4v) is 3.75. The maximum atomic E-state index is 14.7. The Bertz CT molecular complexity index is 1280. The number of aromatic nitrogens is 1.